The summed E-state index contributed by atoms with van der Waals surface area (Å²) in [6.07, 6.45) is 1.51. The number of ether oxygens (including phenoxy) is 1. The highest BCUT2D eigenvalue weighted by Crippen LogP contribution is 2.19. The molecule has 0 saturated carbocycles. The van der Waals surface area contributed by atoms with Gasteiger partial charge in [-0.1, -0.05) is 41.9 Å². The lowest BCUT2D eigenvalue weighted by molar-refractivity contribution is -0.147. The van der Waals surface area contributed by atoms with Crippen molar-refractivity contribution < 1.29 is 19.1 Å². The molecule has 2 aliphatic heterocycles. The second kappa shape index (κ2) is 11.3. The van der Waals surface area contributed by atoms with Gasteiger partial charge in [-0.2, -0.15) is 0 Å². The third-order valence-electron chi connectivity index (χ3n) is 5.97. The highest BCUT2D eigenvalue weighted by molar-refractivity contribution is 6.30. The normalized spacial score (nSPS) is 18.3. The standard InChI is InChI=1S/C24H28ClN5O4/c25-18-6-8-19(9-7-18)26-24(33)27-22(17-4-2-1-3-5-17)23(32)28-29-12-10-20(11-13-29)30-14-15-34-16-21(30)31/h1-9,20,22H,10-16H2,(H,28,32)(H2,26,27,33). The Morgan fingerprint density at radius 1 is 1.00 bits per heavy atom. The fraction of sp³-hybridized carbons (Fsp3) is 0.375. The van der Waals surface area contributed by atoms with Crippen LogP contribution in [0.25, 0.3) is 0 Å². The molecule has 34 heavy (non-hydrogen) atoms. The fourth-order valence-electron chi connectivity index (χ4n) is 4.20. The van der Waals surface area contributed by atoms with E-state index in [0.29, 0.717) is 42.5 Å². The molecule has 0 radical (unpaired) electrons. The van der Waals surface area contributed by atoms with E-state index in [4.69, 9.17) is 16.3 Å². The summed E-state index contributed by atoms with van der Waals surface area (Å²) in [5.41, 5.74) is 4.17. The number of hydrazine groups is 1. The maximum absolute atomic E-state index is 13.2. The van der Waals surface area contributed by atoms with E-state index in [1.807, 2.05) is 28.1 Å². The summed E-state index contributed by atoms with van der Waals surface area (Å²) in [5.74, 6) is -0.313. The van der Waals surface area contributed by atoms with Gasteiger partial charge in [0.15, 0.2) is 0 Å². The van der Waals surface area contributed by atoms with Crippen LogP contribution in [0.4, 0.5) is 10.5 Å². The number of nitrogens with zero attached hydrogens (tertiary/aromatic N) is 2. The summed E-state index contributed by atoms with van der Waals surface area (Å²) in [6, 6.07) is 14.6. The Morgan fingerprint density at radius 2 is 1.71 bits per heavy atom. The molecule has 0 spiro atoms. The first-order valence-corrected chi connectivity index (χ1v) is 11.7. The number of nitrogens with one attached hydrogen (secondary N) is 3. The Hall–Kier alpha value is -3.14. The number of halogens is 1. The molecular weight excluding hydrogens is 458 g/mol. The summed E-state index contributed by atoms with van der Waals surface area (Å²) in [5, 5.41) is 7.90. The lowest BCUT2D eigenvalue weighted by Gasteiger charge is -2.40. The Kier molecular flexibility index (Phi) is 7.99. The summed E-state index contributed by atoms with van der Waals surface area (Å²) in [6.45, 7) is 2.53. The monoisotopic (exact) mass is 485 g/mol. The van der Waals surface area contributed by atoms with E-state index in [9.17, 15) is 14.4 Å². The molecule has 3 N–H and O–H groups in total. The van der Waals surface area contributed by atoms with Crippen LogP contribution >= 0.6 is 11.6 Å². The zero-order chi connectivity index (χ0) is 23.9. The average Bonchev–Trinajstić information content (AvgIpc) is 2.85. The minimum Gasteiger partial charge on any atom is -0.370 e. The van der Waals surface area contributed by atoms with Gasteiger partial charge in [-0.05, 0) is 42.7 Å². The van der Waals surface area contributed by atoms with Crippen LogP contribution in [0.15, 0.2) is 54.6 Å². The second-order valence-electron chi connectivity index (χ2n) is 8.28. The Labute approximate surface area is 203 Å². The number of hydrogen-bond donors (Lipinski definition) is 3. The summed E-state index contributed by atoms with van der Waals surface area (Å²) < 4.78 is 5.22. The molecule has 2 aliphatic rings. The summed E-state index contributed by atoms with van der Waals surface area (Å²) in [7, 11) is 0. The molecule has 0 bridgehead atoms. The first kappa shape index (κ1) is 24.0. The maximum Gasteiger partial charge on any atom is 0.320 e. The second-order valence-corrected chi connectivity index (χ2v) is 8.72. The number of piperidine rings is 1. The van der Waals surface area contributed by atoms with Crippen molar-refractivity contribution in [1.82, 2.24) is 20.7 Å². The van der Waals surface area contributed by atoms with Crippen LogP contribution < -0.4 is 16.1 Å². The van der Waals surface area contributed by atoms with E-state index < -0.39 is 12.1 Å². The molecule has 180 valence electrons. The van der Waals surface area contributed by atoms with Crippen molar-refractivity contribution in [3.8, 4) is 0 Å². The number of carbonyl (C=O) groups is 3. The largest absolute Gasteiger partial charge is 0.370 e. The Balaban J connectivity index is 1.36. The van der Waals surface area contributed by atoms with Crippen LogP contribution in [0.5, 0.6) is 0 Å². The van der Waals surface area contributed by atoms with Crippen LogP contribution in [-0.4, -0.2) is 66.6 Å². The van der Waals surface area contributed by atoms with Crippen molar-refractivity contribution in [2.45, 2.75) is 24.9 Å². The molecule has 10 heteroatoms. The highest BCUT2D eigenvalue weighted by Gasteiger charge is 2.31. The van der Waals surface area contributed by atoms with Crippen molar-refractivity contribution in [2.75, 3.05) is 38.2 Å². The molecule has 2 aromatic carbocycles. The summed E-state index contributed by atoms with van der Waals surface area (Å²) >= 11 is 5.90. The number of anilines is 1. The smallest absolute Gasteiger partial charge is 0.320 e. The number of carbonyl (C=O) groups excluding carboxylic acids is 3. The van der Waals surface area contributed by atoms with Gasteiger partial charge in [0.2, 0.25) is 5.91 Å². The molecule has 1 atom stereocenters. The molecule has 4 amide bonds. The summed E-state index contributed by atoms with van der Waals surface area (Å²) in [4.78, 5) is 39.8. The van der Waals surface area contributed by atoms with Gasteiger partial charge in [0.05, 0.1) is 6.61 Å². The number of benzene rings is 2. The molecule has 2 heterocycles. The average molecular weight is 486 g/mol. The number of urea groups is 1. The third-order valence-corrected chi connectivity index (χ3v) is 6.22. The van der Waals surface area contributed by atoms with Crippen molar-refractivity contribution >= 4 is 35.1 Å². The Morgan fingerprint density at radius 3 is 2.38 bits per heavy atom. The third kappa shape index (κ3) is 6.25. The molecule has 2 saturated heterocycles. The quantitative estimate of drug-likeness (QED) is 0.583. The lowest BCUT2D eigenvalue weighted by Crippen LogP contribution is -2.56. The van der Waals surface area contributed by atoms with Crippen molar-refractivity contribution in [3.63, 3.8) is 0 Å². The van der Waals surface area contributed by atoms with Crippen LogP contribution in [0, 0.1) is 0 Å². The number of rotatable bonds is 6. The molecule has 0 aromatic heterocycles. The minimum absolute atomic E-state index is 0.0220. The van der Waals surface area contributed by atoms with Crippen LogP contribution in [-0.2, 0) is 14.3 Å². The molecule has 0 aliphatic carbocycles. The van der Waals surface area contributed by atoms with Crippen LogP contribution in [0.1, 0.15) is 24.4 Å². The van der Waals surface area contributed by atoms with E-state index in [2.05, 4.69) is 16.1 Å². The van der Waals surface area contributed by atoms with Gasteiger partial charge in [-0.25, -0.2) is 9.80 Å². The fourth-order valence-corrected chi connectivity index (χ4v) is 4.33. The first-order chi connectivity index (χ1) is 16.5. The van der Waals surface area contributed by atoms with Gasteiger partial charge in [0.1, 0.15) is 12.6 Å². The van der Waals surface area contributed by atoms with Crippen LogP contribution in [0.2, 0.25) is 5.02 Å². The van der Waals surface area contributed by atoms with Crippen molar-refractivity contribution in [3.05, 3.63) is 65.2 Å². The van der Waals surface area contributed by atoms with Gasteiger partial charge in [-0.15, -0.1) is 0 Å². The zero-order valence-electron chi connectivity index (χ0n) is 18.7. The predicted octanol–water partition coefficient (Wildman–Crippen LogP) is 2.56. The van der Waals surface area contributed by atoms with Crippen LogP contribution in [0.3, 0.4) is 0 Å². The topological polar surface area (TPSA) is 103 Å². The Bertz CT molecular complexity index is 996. The molecule has 2 aromatic rings. The van der Waals surface area contributed by atoms with Gasteiger partial charge in [0, 0.05) is 36.4 Å². The van der Waals surface area contributed by atoms with E-state index in [0.717, 1.165) is 12.8 Å². The SMILES string of the molecule is O=C(Nc1ccc(Cl)cc1)NC(C(=O)NN1CCC(N2CCOCC2=O)CC1)c1ccccc1. The van der Waals surface area contributed by atoms with Gasteiger partial charge >= 0.3 is 6.03 Å². The molecule has 9 nitrogen and oxygen atoms in total. The lowest BCUT2D eigenvalue weighted by atomic mass is 10.0. The van der Waals surface area contributed by atoms with E-state index >= 15 is 0 Å². The van der Waals surface area contributed by atoms with Gasteiger partial charge in [0.25, 0.3) is 5.91 Å². The van der Waals surface area contributed by atoms with Gasteiger partial charge < -0.3 is 20.3 Å². The predicted molar refractivity (Wildman–Crippen MR) is 128 cm³/mol. The van der Waals surface area contributed by atoms with E-state index in [-0.39, 0.29) is 24.5 Å². The molecule has 2 fully saturated rings. The number of morpholine rings is 1. The molecular formula is C24H28ClN5O4. The molecule has 1 unspecified atom stereocenters. The first-order valence-electron chi connectivity index (χ1n) is 11.3. The maximum atomic E-state index is 13.2. The number of hydrogen-bond acceptors (Lipinski definition) is 5. The minimum atomic E-state index is -0.882. The zero-order valence-corrected chi connectivity index (χ0v) is 19.5. The van der Waals surface area contributed by atoms with E-state index in [1.165, 1.54) is 0 Å². The van der Waals surface area contributed by atoms with Crippen molar-refractivity contribution in [1.29, 1.82) is 0 Å². The number of amides is 4. The van der Waals surface area contributed by atoms with E-state index in [1.54, 1.807) is 36.4 Å². The molecule has 4 rings (SSSR count). The van der Waals surface area contributed by atoms with Crippen molar-refractivity contribution in [2.24, 2.45) is 0 Å². The highest BCUT2D eigenvalue weighted by atomic mass is 35.5. The van der Waals surface area contributed by atoms with Gasteiger partial charge in [-0.3, -0.25) is 15.0 Å².